The maximum absolute atomic E-state index is 12.3. The molecule has 4 heteroatoms. The Morgan fingerprint density at radius 1 is 1.35 bits per heavy atom. The average Bonchev–Trinajstić information content (AvgIpc) is 2.84. The Bertz CT molecular complexity index is 526. The molecule has 0 N–H and O–H groups in total. The molecule has 1 unspecified atom stereocenters. The van der Waals surface area contributed by atoms with Crippen molar-refractivity contribution in [1.29, 1.82) is 0 Å². The molecular weight excluding hydrogens is 254 g/mol. The van der Waals surface area contributed by atoms with Crippen molar-refractivity contribution in [3.63, 3.8) is 0 Å². The molecule has 1 amide bonds. The smallest absolute Gasteiger partial charge is 0.313 e. The Hall–Kier alpha value is -1.84. The topological polar surface area (TPSA) is 46.6 Å². The number of hydrogen-bond acceptors (Lipinski definition) is 3. The lowest BCUT2D eigenvalue weighted by molar-refractivity contribution is -0.151. The summed E-state index contributed by atoms with van der Waals surface area (Å²) >= 11 is 0. The van der Waals surface area contributed by atoms with Gasteiger partial charge in [0, 0.05) is 13.1 Å². The molecular formula is C16H21NO3. The standard InChI is InChI=1S/C16H21NO3/c1-12-6-4-5-7-13(12)10-14(18)17-9-8-16(2,11-17)15(19)20-3/h4-7H,8-11H2,1-3H3. The van der Waals surface area contributed by atoms with Crippen LogP contribution in [0.15, 0.2) is 24.3 Å². The third kappa shape index (κ3) is 2.84. The van der Waals surface area contributed by atoms with Crippen molar-refractivity contribution in [2.45, 2.75) is 26.7 Å². The summed E-state index contributed by atoms with van der Waals surface area (Å²) in [4.78, 5) is 25.9. The number of amides is 1. The lowest BCUT2D eigenvalue weighted by Crippen LogP contribution is -2.36. The molecule has 4 nitrogen and oxygen atoms in total. The van der Waals surface area contributed by atoms with Gasteiger partial charge in [-0.05, 0) is 31.4 Å². The second-order valence-corrected chi connectivity index (χ2v) is 5.72. The molecule has 0 aliphatic carbocycles. The van der Waals surface area contributed by atoms with E-state index in [0.29, 0.717) is 25.9 Å². The Morgan fingerprint density at radius 2 is 2.05 bits per heavy atom. The van der Waals surface area contributed by atoms with Gasteiger partial charge < -0.3 is 9.64 Å². The van der Waals surface area contributed by atoms with Crippen molar-refractivity contribution < 1.29 is 14.3 Å². The molecule has 1 aromatic rings. The van der Waals surface area contributed by atoms with Gasteiger partial charge in [-0.3, -0.25) is 9.59 Å². The number of aryl methyl sites for hydroxylation is 1. The van der Waals surface area contributed by atoms with Gasteiger partial charge in [-0.1, -0.05) is 24.3 Å². The van der Waals surface area contributed by atoms with Gasteiger partial charge in [0.2, 0.25) is 5.91 Å². The molecule has 0 saturated carbocycles. The second-order valence-electron chi connectivity index (χ2n) is 5.72. The predicted octanol–water partition coefficient (Wildman–Crippen LogP) is 1.95. The third-order valence-corrected chi connectivity index (χ3v) is 4.11. The van der Waals surface area contributed by atoms with E-state index < -0.39 is 5.41 Å². The van der Waals surface area contributed by atoms with Gasteiger partial charge in [-0.15, -0.1) is 0 Å². The summed E-state index contributed by atoms with van der Waals surface area (Å²) < 4.78 is 4.83. The molecule has 1 aliphatic heterocycles. The first-order valence-corrected chi connectivity index (χ1v) is 6.87. The molecule has 20 heavy (non-hydrogen) atoms. The van der Waals surface area contributed by atoms with Crippen LogP contribution in [0.5, 0.6) is 0 Å². The number of methoxy groups -OCH3 is 1. The highest BCUT2D eigenvalue weighted by Gasteiger charge is 2.42. The third-order valence-electron chi connectivity index (χ3n) is 4.11. The maximum Gasteiger partial charge on any atom is 0.313 e. The first-order valence-electron chi connectivity index (χ1n) is 6.87. The van der Waals surface area contributed by atoms with Gasteiger partial charge in [0.05, 0.1) is 18.9 Å². The first-order chi connectivity index (χ1) is 9.46. The van der Waals surface area contributed by atoms with Crippen LogP contribution in [0.25, 0.3) is 0 Å². The fourth-order valence-electron chi connectivity index (χ4n) is 2.67. The summed E-state index contributed by atoms with van der Waals surface area (Å²) in [6.07, 6.45) is 1.06. The van der Waals surface area contributed by atoms with Gasteiger partial charge in [-0.2, -0.15) is 0 Å². The van der Waals surface area contributed by atoms with Gasteiger partial charge in [0.1, 0.15) is 0 Å². The highest BCUT2D eigenvalue weighted by molar-refractivity contribution is 5.82. The molecule has 1 aromatic carbocycles. The Balaban J connectivity index is 2.02. The Kier molecular flexibility index (Phi) is 4.12. The fraction of sp³-hybridized carbons (Fsp3) is 0.500. The van der Waals surface area contributed by atoms with Crippen LogP contribution >= 0.6 is 0 Å². The SMILES string of the molecule is COC(=O)C1(C)CCN(C(=O)Cc2ccccc2C)C1. The molecule has 0 radical (unpaired) electrons. The van der Waals surface area contributed by atoms with Crippen LogP contribution in [0.1, 0.15) is 24.5 Å². The lowest BCUT2D eigenvalue weighted by Gasteiger charge is -2.22. The molecule has 108 valence electrons. The number of ether oxygens (including phenoxy) is 1. The fourth-order valence-corrected chi connectivity index (χ4v) is 2.67. The largest absolute Gasteiger partial charge is 0.469 e. The zero-order valence-electron chi connectivity index (χ0n) is 12.3. The maximum atomic E-state index is 12.3. The van der Waals surface area contributed by atoms with Crippen LogP contribution in [0.3, 0.4) is 0 Å². The average molecular weight is 275 g/mol. The quantitative estimate of drug-likeness (QED) is 0.792. The molecule has 1 heterocycles. The highest BCUT2D eigenvalue weighted by Crippen LogP contribution is 2.31. The molecule has 1 aliphatic rings. The van der Waals surface area contributed by atoms with Crippen LogP contribution in [0.2, 0.25) is 0 Å². The highest BCUT2D eigenvalue weighted by atomic mass is 16.5. The van der Waals surface area contributed by atoms with E-state index in [1.54, 1.807) is 4.90 Å². The van der Waals surface area contributed by atoms with Crippen molar-refractivity contribution in [1.82, 2.24) is 4.90 Å². The van der Waals surface area contributed by atoms with Crippen molar-refractivity contribution in [3.8, 4) is 0 Å². The lowest BCUT2D eigenvalue weighted by atomic mass is 9.90. The van der Waals surface area contributed by atoms with E-state index in [4.69, 9.17) is 4.74 Å². The number of likely N-dealkylation sites (tertiary alicyclic amines) is 1. The second kappa shape index (κ2) is 5.65. The summed E-state index contributed by atoms with van der Waals surface area (Å²) in [5, 5.41) is 0. The first kappa shape index (κ1) is 14.6. The van der Waals surface area contributed by atoms with Gasteiger partial charge in [-0.25, -0.2) is 0 Å². The number of esters is 1. The van der Waals surface area contributed by atoms with E-state index in [1.165, 1.54) is 7.11 Å². The predicted molar refractivity (Wildman–Crippen MR) is 76.2 cm³/mol. The van der Waals surface area contributed by atoms with Crippen LogP contribution in [0, 0.1) is 12.3 Å². The Morgan fingerprint density at radius 3 is 2.70 bits per heavy atom. The molecule has 0 bridgehead atoms. The summed E-state index contributed by atoms with van der Waals surface area (Å²) in [5.74, 6) is -0.157. The minimum Gasteiger partial charge on any atom is -0.469 e. The molecule has 2 rings (SSSR count). The minimum absolute atomic E-state index is 0.0759. The molecule has 1 fully saturated rings. The minimum atomic E-state index is -0.559. The summed E-state index contributed by atoms with van der Waals surface area (Å²) in [5.41, 5.74) is 1.61. The van der Waals surface area contributed by atoms with E-state index in [0.717, 1.165) is 11.1 Å². The Labute approximate surface area is 119 Å². The van der Waals surface area contributed by atoms with E-state index >= 15 is 0 Å². The zero-order chi connectivity index (χ0) is 14.8. The number of benzene rings is 1. The summed E-state index contributed by atoms with van der Waals surface area (Å²) in [6.45, 7) is 4.94. The number of carbonyl (C=O) groups excluding carboxylic acids is 2. The molecule has 1 atom stereocenters. The molecule has 0 aromatic heterocycles. The normalized spacial score (nSPS) is 21.9. The number of carbonyl (C=O) groups is 2. The van der Waals surface area contributed by atoms with Crippen LogP contribution in [0.4, 0.5) is 0 Å². The number of nitrogens with zero attached hydrogens (tertiary/aromatic N) is 1. The summed E-state index contributed by atoms with van der Waals surface area (Å²) in [6, 6.07) is 7.89. The van der Waals surface area contributed by atoms with Gasteiger partial charge in [0.15, 0.2) is 0 Å². The van der Waals surface area contributed by atoms with E-state index in [9.17, 15) is 9.59 Å². The van der Waals surface area contributed by atoms with Gasteiger partial charge in [0.25, 0.3) is 0 Å². The van der Waals surface area contributed by atoms with Crippen LogP contribution in [-0.2, 0) is 20.7 Å². The van der Waals surface area contributed by atoms with Crippen molar-refractivity contribution >= 4 is 11.9 Å². The van der Waals surface area contributed by atoms with Crippen LogP contribution < -0.4 is 0 Å². The van der Waals surface area contributed by atoms with Gasteiger partial charge >= 0.3 is 5.97 Å². The van der Waals surface area contributed by atoms with E-state index in [2.05, 4.69) is 0 Å². The summed E-state index contributed by atoms with van der Waals surface area (Å²) in [7, 11) is 1.39. The van der Waals surface area contributed by atoms with Crippen molar-refractivity contribution in [2.75, 3.05) is 20.2 Å². The molecule has 0 spiro atoms. The van der Waals surface area contributed by atoms with Crippen molar-refractivity contribution in [3.05, 3.63) is 35.4 Å². The van der Waals surface area contributed by atoms with E-state index in [-0.39, 0.29) is 11.9 Å². The van der Waals surface area contributed by atoms with E-state index in [1.807, 2.05) is 38.1 Å². The molecule has 1 saturated heterocycles. The zero-order valence-corrected chi connectivity index (χ0v) is 12.3. The van der Waals surface area contributed by atoms with Crippen LogP contribution in [-0.4, -0.2) is 37.0 Å². The monoisotopic (exact) mass is 275 g/mol. The number of rotatable bonds is 3. The van der Waals surface area contributed by atoms with Crippen molar-refractivity contribution in [2.24, 2.45) is 5.41 Å². The number of hydrogen-bond donors (Lipinski definition) is 0.